The molecule has 0 fully saturated rings. The minimum absolute atomic E-state index is 0. The van der Waals surface area contributed by atoms with Gasteiger partial charge < -0.3 is 36.5 Å². The maximum absolute atomic E-state index is 8.52. The molecule has 12 heteroatoms. The molecule has 0 aliphatic carbocycles. The van der Waals surface area contributed by atoms with E-state index < -0.39 is 16.6 Å². The first-order valence-electron chi connectivity index (χ1n) is 1.28. The Hall–Kier alpha value is 2.95. The Morgan fingerprint density at radius 1 is 1.00 bits per heavy atom. The van der Waals surface area contributed by atoms with Gasteiger partial charge in [-0.15, -0.1) is 0 Å². The van der Waals surface area contributed by atoms with Crippen molar-refractivity contribution in [1.82, 2.24) is 0 Å². The maximum atomic E-state index is 8.52. The van der Waals surface area contributed by atoms with E-state index in [0.717, 1.165) is 0 Å². The van der Waals surface area contributed by atoms with Crippen LogP contribution in [0.25, 0.3) is 0 Å². The number of halogens is 1. The van der Waals surface area contributed by atoms with Gasteiger partial charge in [0.2, 0.25) is 0 Å². The van der Waals surface area contributed by atoms with Crippen molar-refractivity contribution in [2.24, 2.45) is 0 Å². The molecule has 0 radical (unpaired) electrons. The first kappa shape index (κ1) is 36.0. The summed E-state index contributed by atoms with van der Waals surface area (Å²) in [6, 6.07) is 0. The van der Waals surface area contributed by atoms with Crippen molar-refractivity contribution < 1.29 is 74.5 Å². The fourth-order valence-corrected chi connectivity index (χ4v) is 0. The van der Waals surface area contributed by atoms with Gasteiger partial charge in [-0.3, -0.25) is 8.42 Å². The number of hydrogen-bond donors (Lipinski definition) is 0. The van der Waals surface area contributed by atoms with Gasteiger partial charge in [0, 0.05) is 10.4 Å². The number of carbonyl (C=O) groups excluding carboxylic acids is 1. The van der Waals surface area contributed by atoms with Gasteiger partial charge in [-0.05, 0) is 6.16 Å². The third-order valence-electron chi connectivity index (χ3n) is 0. The number of hydrogen-bond acceptors (Lipinski definition) is 7. The number of carboxylic acid groups (broad SMARTS) is 2. The maximum Gasteiger partial charge on any atom is 2.00 e. The van der Waals surface area contributed by atoms with E-state index in [1.54, 1.807) is 0 Å². The molecule has 0 aromatic heterocycles. The van der Waals surface area contributed by atoms with Gasteiger partial charge in [0.1, 0.15) is 0 Å². The average Bonchev–Trinajstić information content (AvgIpc) is 1.19. The van der Waals surface area contributed by atoms with Crippen molar-refractivity contribution in [3.05, 3.63) is 0 Å². The van der Waals surface area contributed by atoms with Crippen LogP contribution >= 0.6 is 0 Å². The topological polar surface area (TPSA) is 143 Å². The molecule has 0 unspecified atom stereocenters. The SMILES string of the molecule is O=C([O-])[O-].O=S(=O)([O-])[O-].[Ca+2].[Ca+2].[Cl-].[Na+]. The Kier molecular flexibility index (Phi) is 56.4. The standard InChI is InChI=1S/CH2O3.2Ca.ClH.Na.H2O4S/c2-1(3)4;;;;;1-5(2,3)4/h(H2,2,3,4);;;1H;;(H2,1,2,3,4)/q;2*+2;;+1;/p-5. The van der Waals surface area contributed by atoms with E-state index in [-0.39, 0.29) is 117 Å². The summed E-state index contributed by atoms with van der Waals surface area (Å²) in [4.78, 5) is 8.33. The second-order valence-electron chi connectivity index (χ2n) is 0.658. The molecular formula is CCa2ClNaO7S. The summed E-state index contributed by atoms with van der Waals surface area (Å²) in [5.74, 6) is 0. The van der Waals surface area contributed by atoms with Gasteiger partial charge in [0.25, 0.3) is 0 Å². The van der Waals surface area contributed by atoms with E-state index in [1.807, 2.05) is 0 Å². The number of rotatable bonds is 0. The monoisotopic (exact) mass is 294 g/mol. The van der Waals surface area contributed by atoms with E-state index in [0.29, 0.717) is 0 Å². The summed E-state index contributed by atoms with van der Waals surface area (Å²) in [5, 5.41) is 16.7. The molecule has 0 aliphatic rings. The van der Waals surface area contributed by atoms with Crippen LogP contribution in [0.3, 0.4) is 0 Å². The average molecular weight is 295 g/mol. The van der Waals surface area contributed by atoms with Crippen LogP contribution in [-0.2, 0) is 10.4 Å². The smallest absolute Gasteiger partial charge is 1.00 e. The van der Waals surface area contributed by atoms with E-state index in [9.17, 15) is 0 Å². The minimum atomic E-state index is -5.17. The summed E-state index contributed by atoms with van der Waals surface area (Å²) in [7, 11) is -5.17. The van der Waals surface area contributed by atoms with Crippen LogP contribution in [0.15, 0.2) is 0 Å². The van der Waals surface area contributed by atoms with Crippen LogP contribution in [0.1, 0.15) is 0 Å². The summed E-state index contributed by atoms with van der Waals surface area (Å²) < 4.78 is 34.1. The Morgan fingerprint density at radius 3 is 1.00 bits per heavy atom. The van der Waals surface area contributed by atoms with Crippen molar-refractivity contribution in [3.8, 4) is 0 Å². The molecule has 13 heavy (non-hydrogen) atoms. The Labute approximate surface area is 163 Å². The second kappa shape index (κ2) is 20.4. The molecule has 0 saturated carbocycles. The number of carbonyl (C=O) groups is 1. The van der Waals surface area contributed by atoms with Gasteiger partial charge in [0.05, 0.1) is 0 Å². The molecule has 7 nitrogen and oxygen atoms in total. The van der Waals surface area contributed by atoms with E-state index in [2.05, 4.69) is 0 Å². The van der Waals surface area contributed by atoms with Crippen LogP contribution in [0.4, 0.5) is 4.79 Å². The molecular weight excluding hydrogens is 295 g/mol. The molecule has 0 aromatic rings. The fraction of sp³-hybridized carbons (Fsp3) is 0. The molecule has 0 amide bonds. The van der Waals surface area contributed by atoms with Crippen LogP contribution < -0.4 is 52.2 Å². The molecule has 0 aliphatic heterocycles. The van der Waals surface area contributed by atoms with Gasteiger partial charge in [-0.2, -0.15) is 0 Å². The quantitative estimate of drug-likeness (QED) is 0.245. The zero-order valence-electron chi connectivity index (χ0n) is 6.56. The zero-order valence-corrected chi connectivity index (χ0v) is 14.5. The first-order valence-corrected chi connectivity index (χ1v) is 2.61. The second-order valence-corrected chi connectivity index (χ2v) is 1.47. The van der Waals surface area contributed by atoms with E-state index >= 15 is 0 Å². The molecule has 0 atom stereocenters. The predicted octanol–water partition coefficient (Wildman–Crippen LogP) is -10.5. The Bertz CT molecular complexity index is 169. The van der Waals surface area contributed by atoms with Gasteiger partial charge in [0.15, 0.2) is 0 Å². The van der Waals surface area contributed by atoms with Crippen molar-refractivity contribution >= 4 is 92.0 Å². The molecule has 0 bridgehead atoms. The molecule has 64 valence electrons. The molecule has 0 saturated heterocycles. The molecule has 0 rings (SSSR count). The predicted molar refractivity (Wildman–Crippen MR) is 27.4 cm³/mol. The summed E-state index contributed by atoms with van der Waals surface area (Å²) in [6.07, 6.45) is -2.33. The zero-order chi connectivity index (χ0) is 8.08. The minimum Gasteiger partial charge on any atom is -1.00 e. The molecule has 0 heterocycles. The Balaban J connectivity index is -0.0000000146. The van der Waals surface area contributed by atoms with Crippen molar-refractivity contribution in [2.45, 2.75) is 0 Å². The van der Waals surface area contributed by atoms with Crippen LogP contribution in [0.2, 0.25) is 0 Å². The summed E-state index contributed by atoms with van der Waals surface area (Å²) >= 11 is 0. The largest absolute Gasteiger partial charge is 2.00 e. The van der Waals surface area contributed by atoms with Gasteiger partial charge in [-0.1, -0.05) is 0 Å². The first-order chi connectivity index (χ1) is 3.73. The third kappa shape index (κ3) is 288. The van der Waals surface area contributed by atoms with Crippen molar-refractivity contribution in [1.29, 1.82) is 0 Å². The van der Waals surface area contributed by atoms with E-state index in [1.165, 1.54) is 0 Å². The fourth-order valence-electron chi connectivity index (χ4n) is 0. The van der Waals surface area contributed by atoms with Gasteiger partial charge in [-0.25, -0.2) is 0 Å². The van der Waals surface area contributed by atoms with Crippen molar-refractivity contribution in [2.75, 3.05) is 0 Å². The molecule has 0 N–H and O–H groups in total. The van der Waals surface area contributed by atoms with Crippen LogP contribution in [0, 0.1) is 0 Å². The van der Waals surface area contributed by atoms with Gasteiger partial charge >= 0.3 is 105 Å². The van der Waals surface area contributed by atoms with Crippen LogP contribution in [0.5, 0.6) is 0 Å². The van der Waals surface area contributed by atoms with Crippen LogP contribution in [-0.4, -0.2) is 99.2 Å². The normalized spacial score (nSPS) is 6.31. The Morgan fingerprint density at radius 2 is 1.00 bits per heavy atom. The molecule has 0 aromatic carbocycles. The van der Waals surface area contributed by atoms with Crippen molar-refractivity contribution in [3.63, 3.8) is 0 Å². The summed E-state index contributed by atoms with van der Waals surface area (Å²) in [5.41, 5.74) is 0. The summed E-state index contributed by atoms with van der Waals surface area (Å²) in [6.45, 7) is 0. The molecule has 0 spiro atoms. The third-order valence-corrected chi connectivity index (χ3v) is 0. The van der Waals surface area contributed by atoms with E-state index in [4.69, 9.17) is 32.5 Å².